The molecule has 3 heteroatoms. The smallest absolute Gasteiger partial charge is 0.144 e. The molecule has 0 unspecified atom stereocenters. The maximum absolute atomic E-state index is 11.7. The molecule has 2 nitrogen and oxygen atoms in total. The fraction of sp³-hybridized carbons (Fsp3) is 0.455. The zero-order chi connectivity index (χ0) is 10.8. The molecule has 1 rings (SSSR count). The van der Waals surface area contributed by atoms with Crippen molar-refractivity contribution in [3.8, 4) is 0 Å². The number of carbonyl (C=O) groups excluding carboxylic acids is 1. The van der Waals surface area contributed by atoms with E-state index in [1.165, 1.54) is 0 Å². The first-order valence-electron chi connectivity index (χ1n) is 4.53. The van der Waals surface area contributed by atoms with Crippen LogP contribution in [0.5, 0.6) is 0 Å². The molecule has 0 N–H and O–H groups in total. The topological polar surface area (TPSA) is 30.0 Å². The van der Waals surface area contributed by atoms with Crippen molar-refractivity contribution >= 4 is 17.4 Å². The van der Waals surface area contributed by atoms with E-state index >= 15 is 0 Å². The van der Waals surface area contributed by atoms with Crippen LogP contribution in [0, 0.1) is 5.41 Å². The van der Waals surface area contributed by atoms with E-state index in [0.29, 0.717) is 11.4 Å². The summed E-state index contributed by atoms with van der Waals surface area (Å²) in [5, 5.41) is 0.622. The molecule has 0 saturated carbocycles. The second-order valence-corrected chi connectivity index (χ2v) is 4.75. The first-order chi connectivity index (χ1) is 6.39. The van der Waals surface area contributed by atoms with Crippen LogP contribution in [0.2, 0.25) is 5.02 Å². The van der Waals surface area contributed by atoms with Crippen LogP contribution < -0.4 is 0 Å². The Morgan fingerprint density at radius 1 is 1.50 bits per heavy atom. The van der Waals surface area contributed by atoms with Gasteiger partial charge in [-0.15, -0.1) is 0 Å². The molecule has 0 radical (unpaired) electrons. The fourth-order valence-electron chi connectivity index (χ4n) is 0.975. The Labute approximate surface area is 89.3 Å². The van der Waals surface area contributed by atoms with Crippen molar-refractivity contribution in [3.05, 3.63) is 29.0 Å². The number of aromatic nitrogens is 1. The summed E-state index contributed by atoms with van der Waals surface area (Å²) >= 11 is 5.79. The van der Waals surface area contributed by atoms with E-state index in [1.54, 1.807) is 18.3 Å². The van der Waals surface area contributed by atoms with Crippen LogP contribution in [0.1, 0.15) is 26.5 Å². The van der Waals surface area contributed by atoms with E-state index in [4.69, 9.17) is 11.6 Å². The number of halogens is 1. The molecule has 0 bridgehead atoms. The van der Waals surface area contributed by atoms with Gasteiger partial charge in [-0.05, 0) is 12.1 Å². The van der Waals surface area contributed by atoms with Crippen LogP contribution >= 0.6 is 11.6 Å². The number of carbonyl (C=O) groups is 1. The van der Waals surface area contributed by atoms with E-state index in [9.17, 15) is 4.79 Å². The van der Waals surface area contributed by atoms with Crippen LogP contribution in [-0.2, 0) is 11.2 Å². The predicted molar refractivity (Wildman–Crippen MR) is 57.4 cm³/mol. The van der Waals surface area contributed by atoms with E-state index in [1.807, 2.05) is 20.8 Å². The van der Waals surface area contributed by atoms with Crippen LogP contribution in [-0.4, -0.2) is 10.8 Å². The van der Waals surface area contributed by atoms with Gasteiger partial charge < -0.3 is 0 Å². The van der Waals surface area contributed by atoms with E-state index in [2.05, 4.69) is 4.98 Å². The predicted octanol–water partition coefficient (Wildman–Crippen LogP) is 2.89. The molecule has 1 heterocycles. The average molecular weight is 212 g/mol. The van der Waals surface area contributed by atoms with Gasteiger partial charge in [0.2, 0.25) is 0 Å². The van der Waals surface area contributed by atoms with Crippen molar-refractivity contribution in [1.82, 2.24) is 4.98 Å². The summed E-state index contributed by atoms with van der Waals surface area (Å²) < 4.78 is 0. The van der Waals surface area contributed by atoms with Crippen molar-refractivity contribution in [3.63, 3.8) is 0 Å². The third-order valence-electron chi connectivity index (χ3n) is 1.96. The molecule has 0 aliphatic heterocycles. The van der Waals surface area contributed by atoms with Crippen molar-refractivity contribution < 1.29 is 4.79 Å². The Hall–Kier alpha value is -0.890. The Morgan fingerprint density at radius 3 is 2.64 bits per heavy atom. The lowest BCUT2D eigenvalue weighted by molar-refractivity contribution is -0.125. The molecule has 0 aliphatic rings. The molecular formula is C11H14ClNO. The number of ketones is 1. The van der Waals surface area contributed by atoms with Gasteiger partial charge in [-0.1, -0.05) is 32.4 Å². The second kappa shape index (κ2) is 4.09. The quantitative estimate of drug-likeness (QED) is 0.753. The maximum Gasteiger partial charge on any atom is 0.144 e. The lowest BCUT2D eigenvalue weighted by Crippen LogP contribution is -2.22. The molecule has 0 saturated heterocycles. The van der Waals surface area contributed by atoms with Gasteiger partial charge in [0.15, 0.2) is 0 Å². The molecule has 0 atom stereocenters. The van der Waals surface area contributed by atoms with E-state index < -0.39 is 0 Å². The highest BCUT2D eigenvalue weighted by Gasteiger charge is 2.21. The van der Waals surface area contributed by atoms with Crippen molar-refractivity contribution in [2.45, 2.75) is 27.2 Å². The largest absolute Gasteiger partial charge is 0.299 e. The number of Topliss-reactive ketones (excluding diaryl/α,β-unsaturated/α-hetero) is 1. The third kappa shape index (κ3) is 3.11. The first kappa shape index (κ1) is 11.2. The highest BCUT2D eigenvalue weighted by molar-refractivity contribution is 6.30. The van der Waals surface area contributed by atoms with Gasteiger partial charge in [-0.2, -0.15) is 0 Å². The van der Waals surface area contributed by atoms with Crippen LogP contribution in [0.15, 0.2) is 18.3 Å². The number of hydrogen-bond acceptors (Lipinski definition) is 2. The van der Waals surface area contributed by atoms with Gasteiger partial charge in [0, 0.05) is 28.7 Å². The zero-order valence-electron chi connectivity index (χ0n) is 8.67. The molecule has 0 aliphatic carbocycles. The molecule has 0 amide bonds. The minimum atomic E-state index is -0.315. The standard InChI is InChI=1S/C11H14ClNO/c1-11(2,3)10(14)7-9-6-8(12)4-5-13-9/h4-6H,7H2,1-3H3. The van der Waals surface area contributed by atoms with Crippen LogP contribution in [0.25, 0.3) is 0 Å². The highest BCUT2D eigenvalue weighted by Crippen LogP contribution is 2.18. The number of pyridine rings is 1. The number of rotatable bonds is 2. The fourth-order valence-corrected chi connectivity index (χ4v) is 1.16. The molecule has 1 aromatic rings. The van der Waals surface area contributed by atoms with Gasteiger partial charge in [0.25, 0.3) is 0 Å². The second-order valence-electron chi connectivity index (χ2n) is 4.32. The number of nitrogens with zero attached hydrogens (tertiary/aromatic N) is 1. The van der Waals surface area contributed by atoms with Gasteiger partial charge >= 0.3 is 0 Å². The first-order valence-corrected chi connectivity index (χ1v) is 4.91. The lowest BCUT2D eigenvalue weighted by atomic mass is 9.88. The summed E-state index contributed by atoms with van der Waals surface area (Å²) in [5.74, 6) is 0.173. The van der Waals surface area contributed by atoms with Crippen molar-refractivity contribution in [2.75, 3.05) is 0 Å². The molecule has 76 valence electrons. The molecular weight excluding hydrogens is 198 g/mol. The minimum Gasteiger partial charge on any atom is -0.299 e. The zero-order valence-corrected chi connectivity index (χ0v) is 9.43. The summed E-state index contributed by atoms with van der Waals surface area (Å²) in [6, 6.07) is 3.43. The molecule has 0 fully saturated rings. The Bertz CT molecular complexity index is 341. The van der Waals surface area contributed by atoms with Crippen molar-refractivity contribution in [1.29, 1.82) is 0 Å². The average Bonchev–Trinajstić information content (AvgIpc) is 2.02. The minimum absolute atomic E-state index is 0.173. The van der Waals surface area contributed by atoms with Crippen LogP contribution in [0.3, 0.4) is 0 Å². The van der Waals surface area contributed by atoms with Crippen molar-refractivity contribution in [2.24, 2.45) is 5.41 Å². The monoisotopic (exact) mass is 211 g/mol. The molecule has 0 aromatic carbocycles. The SMILES string of the molecule is CC(C)(C)C(=O)Cc1cc(Cl)ccn1. The van der Waals surface area contributed by atoms with Gasteiger partial charge in [0.1, 0.15) is 5.78 Å². The summed E-state index contributed by atoms with van der Waals surface area (Å²) in [4.78, 5) is 15.7. The van der Waals surface area contributed by atoms with E-state index in [0.717, 1.165) is 5.69 Å². The van der Waals surface area contributed by atoms with E-state index in [-0.39, 0.29) is 11.2 Å². The highest BCUT2D eigenvalue weighted by atomic mass is 35.5. The van der Waals surface area contributed by atoms with Gasteiger partial charge in [0.05, 0.1) is 0 Å². The van der Waals surface area contributed by atoms with Gasteiger partial charge in [-0.3, -0.25) is 9.78 Å². The maximum atomic E-state index is 11.7. The van der Waals surface area contributed by atoms with Crippen LogP contribution in [0.4, 0.5) is 0 Å². The molecule has 0 spiro atoms. The summed E-state index contributed by atoms with van der Waals surface area (Å²) in [7, 11) is 0. The summed E-state index contributed by atoms with van der Waals surface area (Å²) in [6.07, 6.45) is 1.97. The Balaban J connectivity index is 2.75. The molecule has 14 heavy (non-hydrogen) atoms. The normalized spacial score (nSPS) is 11.4. The third-order valence-corrected chi connectivity index (χ3v) is 2.19. The Morgan fingerprint density at radius 2 is 2.14 bits per heavy atom. The summed E-state index contributed by atoms with van der Waals surface area (Å²) in [5.41, 5.74) is 0.418. The Kier molecular flexibility index (Phi) is 3.27. The molecule has 1 aromatic heterocycles. The number of hydrogen-bond donors (Lipinski definition) is 0. The lowest BCUT2D eigenvalue weighted by Gasteiger charge is -2.15. The summed E-state index contributed by atoms with van der Waals surface area (Å²) in [6.45, 7) is 5.71. The van der Waals surface area contributed by atoms with Gasteiger partial charge in [-0.25, -0.2) is 0 Å².